The van der Waals surface area contributed by atoms with E-state index in [4.69, 9.17) is 5.11 Å². The van der Waals surface area contributed by atoms with Gasteiger partial charge in [-0.25, -0.2) is 0 Å². The summed E-state index contributed by atoms with van der Waals surface area (Å²) in [5.41, 5.74) is 0. The maximum Gasteiger partial charge on any atom is 0.0582 e. The minimum absolute atomic E-state index is 0.280. The van der Waals surface area contributed by atoms with E-state index in [0.717, 1.165) is 29.7 Å². The van der Waals surface area contributed by atoms with Crippen molar-refractivity contribution in [2.45, 2.75) is 51.1 Å². The lowest BCUT2D eigenvalue weighted by atomic mass is 9.79. The lowest BCUT2D eigenvalue weighted by molar-refractivity contribution is 0.176. The highest BCUT2D eigenvalue weighted by molar-refractivity contribution is 5.05. The van der Waals surface area contributed by atoms with Gasteiger partial charge in [0.1, 0.15) is 0 Å². The number of rotatable bonds is 3. The minimum atomic E-state index is 0.280. The Labute approximate surface area is 92.4 Å². The first-order valence-corrected chi connectivity index (χ1v) is 6.66. The Kier molecular flexibility index (Phi) is 2.52. The van der Waals surface area contributed by atoms with Crippen LogP contribution in [-0.4, -0.2) is 23.8 Å². The van der Waals surface area contributed by atoms with Crippen LogP contribution in [0.3, 0.4) is 0 Å². The number of hydrogen-bond donors (Lipinski definition) is 2. The Balaban J connectivity index is 1.65. The highest BCUT2D eigenvalue weighted by Gasteiger charge is 2.53. The van der Waals surface area contributed by atoms with E-state index in [-0.39, 0.29) is 12.6 Å². The van der Waals surface area contributed by atoms with E-state index < -0.39 is 0 Å². The smallest absolute Gasteiger partial charge is 0.0582 e. The molecule has 2 bridgehead atoms. The van der Waals surface area contributed by atoms with Crippen LogP contribution in [0.25, 0.3) is 0 Å². The number of nitrogens with one attached hydrogen (secondary N) is 1. The molecule has 2 heteroatoms. The van der Waals surface area contributed by atoms with Crippen LogP contribution >= 0.6 is 0 Å². The summed E-state index contributed by atoms with van der Waals surface area (Å²) in [4.78, 5) is 0. The molecule has 0 aromatic carbocycles. The summed E-state index contributed by atoms with van der Waals surface area (Å²) in [6, 6.07) is 1.01. The van der Waals surface area contributed by atoms with E-state index in [1.807, 2.05) is 0 Å². The van der Waals surface area contributed by atoms with Crippen LogP contribution in [0.5, 0.6) is 0 Å². The van der Waals surface area contributed by atoms with Crippen LogP contribution < -0.4 is 5.32 Å². The SMILES string of the molecule is C[C@H](CO)NC1CC2CC1C1CCCC21. The van der Waals surface area contributed by atoms with E-state index in [2.05, 4.69) is 12.2 Å². The van der Waals surface area contributed by atoms with Crippen molar-refractivity contribution in [3.8, 4) is 0 Å². The van der Waals surface area contributed by atoms with Crippen LogP contribution in [0.4, 0.5) is 0 Å². The molecule has 0 amide bonds. The average Bonchev–Trinajstić information content (AvgIpc) is 2.87. The van der Waals surface area contributed by atoms with Crippen LogP contribution in [0, 0.1) is 23.7 Å². The second kappa shape index (κ2) is 3.74. The molecule has 3 rings (SSSR count). The van der Waals surface area contributed by atoms with Crippen molar-refractivity contribution >= 4 is 0 Å². The Hall–Kier alpha value is -0.0800. The molecule has 0 radical (unpaired) electrons. The number of aliphatic hydroxyl groups excluding tert-OH is 1. The maximum absolute atomic E-state index is 9.09. The normalized spacial score (nSPS) is 49.6. The Morgan fingerprint density at radius 1 is 1.20 bits per heavy atom. The van der Waals surface area contributed by atoms with Crippen molar-refractivity contribution in [1.29, 1.82) is 0 Å². The van der Waals surface area contributed by atoms with Crippen molar-refractivity contribution in [3.63, 3.8) is 0 Å². The number of aliphatic hydroxyl groups is 1. The topological polar surface area (TPSA) is 32.3 Å². The van der Waals surface area contributed by atoms with E-state index in [1.165, 1.54) is 32.1 Å². The molecule has 86 valence electrons. The molecule has 0 spiro atoms. The first kappa shape index (κ1) is 10.1. The van der Waals surface area contributed by atoms with Gasteiger partial charge < -0.3 is 10.4 Å². The predicted octanol–water partition coefficient (Wildman–Crippen LogP) is 1.78. The molecule has 3 aliphatic carbocycles. The fraction of sp³-hybridized carbons (Fsp3) is 1.00. The summed E-state index contributed by atoms with van der Waals surface area (Å²) in [6.07, 6.45) is 7.33. The molecule has 0 heterocycles. The summed E-state index contributed by atoms with van der Waals surface area (Å²) in [7, 11) is 0. The molecule has 2 N–H and O–H groups in total. The van der Waals surface area contributed by atoms with Crippen molar-refractivity contribution in [1.82, 2.24) is 5.32 Å². The van der Waals surface area contributed by atoms with Gasteiger partial charge in [-0.3, -0.25) is 0 Å². The molecular weight excluding hydrogens is 186 g/mol. The van der Waals surface area contributed by atoms with Gasteiger partial charge in [-0.2, -0.15) is 0 Å². The van der Waals surface area contributed by atoms with Crippen LogP contribution in [0.2, 0.25) is 0 Å². The van der Waals surface area contributed by atoms with E-state index in [0.29, 0.717) is 0 Å². The third-order valence-corrected chi connectivity index (χ3v) is 5.20. The second-order valence-corrected chi connectivity index (χ2v) is 6.01. The minimum Gasteiger partial charge on any atom is -0.395 e. The largest absolute Gasteiger partial charge is 0.395 e. The van der Waals surface area contributed by atoms with Crippen LogP contribution in [0.15, 0.2) is 0 Å². The molecule has 0 aliphatic heterocycles. The molecular formula is C13H23NO. The molecule has 3 saturated carbocycles. The van der Waals surface area contributed by atoms with E-state index >= 15 is 0 Å². The summed E-state index contributed by atoms with van der Waals surface area (Å²) >= 11 is 0. The number of hydrogen-bond acceptors (Lipinski definition) is 2. The highest BCUT2D eigenvalue weighted by Crippen LogP contribution is 2.58. The Morgan fingerprint density at radius 3 is 2.80 bits per heavy atom. The zero-order chi connectivity index (χ0) is 10.4. The van der Waals surface area contributed by atoms with E-state index in [1.54, 1.807) is 0 Å². The summed E-state index contributed by atoms with van der Waals surface area (Å²) in [5, 5.41) is 12.7. The lowest BCUT2D eigenvalue weighted by Crippen LogP contribution is -2.44. The zero-order valence-corrected chi connectivity index (χ0v) is 9.65. The molecule has 3 aliphatic rings. The highest BCUT2D eigenvalue weighted by atomic mass is 16.3. The lowest BCUT2D eigenvalue weighted by Gasteiger charge is -2.33. The third kappa shape index (κ3) is 1.53. The van der Waals surface area contributed by atoms with Crippen molar-refractivity contribution < 1.29 is 5.11 Å². The van der Waals surface area contributed by atoms with Crippen molar-refractivity contribution in [2.24, 2.45) is 23.7 Å². The Bertz CT molecular complexity index is 243. The predicted molar refractivity (Wildman–Crippen MR) is 60.5 cm³/mol. The first-order chi connectivity index (χ1) is 7.29. The van der Waals surface area contributed by atoms with Crippen molar-refractivity contribution in [2.75, 3.05) is 6.61 Å². The molecule has 2 nitrogen and oxygen atoms in total. The quantitative estimate of drug-likeness (QED) is 0.742. The van der Waals surface area contributed by atoms with Gasteiger partial charge in [0.25, 0.3) is 0 Å². The molecule has 5 unspecified atom stereocenters. The average molecular weight is 209 g/mol. The monoisotopic (exact) mass is 209 g/mol. The standard InChI is InChI=1S/C13H23NO/c1-8(7-15)14-13-6-9-5-12(13)11-4-2-3-10(9)11/h8-15H,2-7H2,1H3/t8-,9?,10?,11?,12?,13?/m1/s1. The van der Waals surface area contributed by atoms with Crippen LogP contribution in [0.1, 0.15) is 39.0 Å². The molecule has 0 saturated heterocycles. The van der Waals surface area contributed by atoms with Gasteiger partial charge in [-0.05, 0) is 56.3 Å². The summed E-state index contributed by atoms with van der Waals surface area (Å²) < 4.78 is 0. The van der Waals surface area contributed by atoms with Gasteiger partial charge >= 0.3 is 0 Å². The maximum atomic E-state index is 9.09. The fourth-order valence-corrected chi connectivity index (χ4v) is 4.68. The zero-order valence-electron chi connectivity index (χ0n) is 9.65. The van der Waals surface area contributed by atoms with Gasteiger partial charge in [0, 0.05) is 12.1 Å². The molecule has 0 aromatic rings. The van der Waals surface area contributed by atoms with Gasteiger partial charge in [-0.15, -0.1) is 0 Å². The van der Waals surface area contributed by atoms with Gasteiger partial charge in [-0.1, -0.05) is 6.42 Å². The fourth-order valence-electron chi connectivity index (χ4n) is 4.68. The molecule has 3 fully saturated rings. The van der Waals surface area contributed by atoms with Gasteiger partial charge in [0.15, 0.2) is 0 Å². The van der Waals surface area contributed by atoms with E-state index in [9.17, 15) is 0 Å². The summed E-state index contributed by atoms with van der Waals surface area (Å²) in [6.45, 7) is 2.38. The van der Waals surface area contributed by atoms with Crippen molar-refractivity contribution in [3.05, 3.63) is 0 Å². The second-order valence-electron chi connectivity index (χ2n) is 6.01. The van der Waals surface area contributed by atoms with Gasteiger partial charge in [0.2, 0.25) is 0 Å². The summed E-state index contributed by atoms with van der Waals surface area (Å²) in [5.74, 6) is 4.08. The number of fused-ring (bicyclic) bond motifs is 5. The molecule has 15 heavy (non-hydrogen) atoms. The third-order valence-electron chi connectivity index (χ3n) is 5.20. The molecule has 6 atom stereocenters. The van der Waals surface area contributed by atoms with Gasteiger partial charge in [0.05, 0.1) is 6.61 Å². The van der Waals surface area contributed by atoms with Crippen LogP contribution in [-0.2, 0) is 0 Å². The molecule has 0 aromatic heterocycles. The Morgan fingerprint density at radius 2 is 2.00 bits per heavy atom. The first-order valence-electron chi connectivity index (χ1n) is 6.66.